The standard InChI is InChI=1S/C60H72N2O7/c1-5-35-66-60-55(62(56(65)32-27-41-17-6-7-18-41)40-46-24-16-23-43-20-10-11-25-49(43)46)39-53(61-69-59(2,3)4)51-37-45(22-12-14-33-63)50(26-13-15-34-64)57(58(51)60)52-38-48(30-31-54(52)68-60)67-47-29-28-42-19-8-9-21-44(42)36-47/h5,8-11,16,19-21,23-25,28-31,36-38,41,45,50,55,57-58,63-64H,1,6-7,12-15,17-18,22,26-27,32-35,39-40H2,2-4H3. The number of carbonyl (C=O) groups is 1. The maximum atomic E-state index is 15.5. The van der Waals surface area contributed by atoms with Crippen molar-refractivity contribution in [2.45, 2.75) is 134 Å². The van der Waals surface area contributed by atoms with E-state index in [4.69, 9.17) is 24.2 Å². The molecule has 4 aliphatic rings. The fourth-order valence-corrected chi connectivity index (χ4v) is 12.0. The topological polar surface area (TPSA) is 110 Å². The molecule has 9 rings (SSSR count). The molecule has 3 aliphatic carbocycles. The monoisotopic (exact) mass is 933 g/mol. The van der Waals surface area contributed by atoms with Gasteiger partial charge in [-0.15, -0.1) is 6.58 Å². The van der Waals surface area contributed by atoms with Crippen molar-refractivity contribution in [1.29, 1.82) is 0 Å². The van der Waals surface area contributed by atoms with Gasteiger partial charge in [0.05, 0.1) is 18.2 Å². The van der Waals surface area contributed by atoms with Crippen molar-refractivity contribution in [2.75, 3.05) is 19.8 Å². The number of rotatable bonds is 20. The van der Waals surface area contributed by atoms with Gasteiger partial charge < -0.3 is 34.2 Å². The van der Waals surface area contributed by atoms with E-state index >= 15 is 4.79 Å². The van der Waals surface area contributed by atoms with Crippen LogP contribution in [0.3, 0.4) is 0 Å². The molecule has 0 bridgehead atoms. The van der Waals surface area contributed by atoms with Gasteiger partial charge in [0.2, 0.25) is 11.7 Å². The smallest absolute Gasteiger partial charge is 0.239 e. The molecule has 6 unspecified atom stereocenters. The summed E-state index contributed by atoms with van der Waals surface area (Å²) in [5.74, 6) is 0.987. The van der Waals surface area contributed by atoms with E-state index in [1.807, 2.05) is 51.1 Å². The SMILES string of the molecule is C=CCOC12Oc3ccc(Oc4ccc5ccccc5c4)cc3C3C(CCCCO)C(CCCCO)C=C(C(=NOC(C)(C)C)CC1N(Cc1cccc4ccccc14)C(=O)CCC1CCCC1)C32. The minimum Gasteiger partial charge on any atom is -0.459 e. The lowest BCUT2D eigenvalue weighted by Crippen LogP contribution is -2.70. The lowest BCUT2D eigenvalue weighted by molar-refractivity contribution is -0.258. The van der Waals surface area contributed by atoms with Crippen LogP contribution in [-0.2, 0) is 20.9 Å². The molecule has 1 aliphatic heterocycles. The first-order valence-corrected chi connectivity index (χ1v) is 25.8. The Balaban J connectivity index is 1.25. The van der Waals surface area contributed by atoms with Crippen molar-refractivity contribution < 1.29 is 34.1 Å². The minimum absolute atomic E-state index is 0.0761. The lowest BCUT2D eigenvalue weighted by atomic mass is 9.55. The Morgan fingerprint density at radius 3 is 2.32 bits per heavy atom. The average Bonchev–Trinajstić information content (AvgIpc) is 3.89. The first-order valence-electron chi connectivity index (χ1n) is 25.8. The normalized spacial score (nSPS) is 23.8. The fraction of sp³-hybridized carbons (Fsp3) is 0.467. The Kier molecular flexibility index (Phi) is 15.2. The largest absolute Gasteiger partial charge is 0.459 e. The number of aliphatic hydroxyl groups excluding tert-OH is 2. The summed E-state index contributed by atoms with van der Waals surface area (Å²) < 4.78 is 21.7. The molecule has 0 radical (unpaired) electrons. The van der Waals surface area contributed by atoms with E-state index in [2.05, 4.69) is 90.4 Å². The van der Waals surface area contributed by atoms with Crippen LogP contribution in [-0.4, -0.2) is 64.0 Å². The van der Waals surface area contributed by atoms with Gasteiger partial charge in [-0.05, 0) is 134 Å². The van der Waals surface area contributed by atoms with Crippen LogP contribution >= 0.6 is 0 Å². The third-order valence-electron chi connectivity index (χ3n) is 15.2. The average molecular weight is 933 g/mol. The van der Waals surface area contributed by atoms with Crippen LogP contribution in [0.2, 0.25) is 0 Å². The zero-order valence-electron chi connectivity index (χ0n) is 41.0. The summed E-state index contributed by atoms with van der Waals surface area (Å²) in [5.41, 5.74) is 3.32. The minimum atomic E-state index is -1.36. The Bertz CT molecular complexity index is 2640. The van der Waals surface area contributed by atoms with E-state index < -0.39 is 23.3 Å². The Morgan fingerprint density at radius 2 is 1.55 bits per heavy atom. The molecule has 1 amide bonds. The van der Waals surface area contributed by atoms with Crippen molar-refractivity contribution in [1.82, 2.24) is 4.90 Å². The maximum Gasteiger partial charge on any atom is 0.239 e. The van der Waals surface area contributed by atoms with E-state index in [1.54, 1.807) is 6.08 Å². The van der Waals surface area contributed by atoms with E-state index in [0.717, 1.165) is 94.7 Å². The highest BCUT2D eigenvalue weighted by Crippen LogP contribution is 2.62. The van der Waals surface area contributed by atoms with E-state index in [9.17, 15) is 10.2 Å². The van der Waals surface area contributed by atoms with Crippen LogP contribution < -0.4 is 9.47 Å². The Hall–Kier alpha value is -5.48. The van der Waals surface area contributed by atoms with E-state index in [0.29, 0.717) is 49.6 Å². The molecule has 5 aromatic carbocycles. The highest BCUT2D eigenvalue weighted by atomic mass is 16.7. The van der Waals surface area contributed by atoms with Gasteiger partial charge in [0.1, 0.15) is 28.9 Å². The highest BCUT2D eigenvalue weighted by Gasteiger charge is 2.65. The molecule has 1 heterocycles. The van der Waals surface area contributed by atoms with E-state index in [-0.39, 0.29) is 43.5 Å². The molecular weight excluding hydrogens is 861 g/mol. The van der Waals surface area contributed by atoms with Crippen LogP contribution in [0.5, 0.6) is 17.2 Å². The number of fused-ring (bicyclic) bond motifs is 4. The fourth-order valence-electron chi connectivity index (χ4n) is 12.0. The molecule has 5 aromatic rings. The van der Waals surface area contributed by atoms with Crippen molar-refractivity contribution in [3.8, 4) is 17.2 Å². The molecule has 0 saturated heterocycles. The van der Waals surface area contributed by atoms with Crippen LogP contribution in [0.1, 0.15) is 121 Å². The van der Waals surface area contributed by atoms with Gasteiger partial charge >= 0.3 is 0 Å². The molecule has 9 heteroatoms. The number of benzene rings is 5. The number of oxime groups is 1. The van der Waals surface area contributed by atoms with Gasteiger partial charge in [-0.3, -0.25) is 4.79 Å². The Morgan fingerprint density at radius 1 is 0.841 bits per heavy atom. The molecule has 0 spiro atoms. The number of aliphatic hydroxyl groups is 2. The van der Waals surface area contributed by atoms with Gasteiger partial charge in [-0.1, -0.05) is 129 Å². The summed E-state index contributed by atoms with van der Waals surface area (Å²) in [4.78, 5) is 24.0. The zero-order valence-corrected chi connectivity index (χ0v) is 41.0. The number of hydrogen-bond acceptors (Lipinski definition) is 8. The molecule has 69 heavy (non-hydrogen) atoms. The van der Waals surface area contributed by atoms with Gasteiger partial charge in [-0.2, -0.15) is 0 Å². The molecule has 9 nitrogen and oxygen atoms in total. The second-order valence-corrected chi connectivity index (χ2v) is 20.9. The number of ether oxygens (including phenoxy) is 3. The zero-order chi connectivity index (χ0) is 48.0. The molecule has 2 fully saturated rings. The Labute approximate surface area is 409 Å². The third kappa shape index (κ3) is 10.7. The molecule has 2 N–H and O–H groups in total. The summed E-state index contributed by atoms with van der Waals surface area (Å²) >= 11 is 0. The number of unbranched alkanes of at least 4 members (excludes halogenated alkanes) is 2. The molecular formula is C60H72N2O7. The van der Waals surface area contributed by atoms with Crippen molar-refractivity contribution in [2.24, 2.45) is 28.8 Å². The maximum absolute atomic E-state index is 15.5. The highest BCUT2D eigenvalue weighted by molar-refractivity contribution is 6.03. The third-order valence-corrected chi connectivity index (χ3v) is 15.2. The second-order valence-electron chi connectivity index (χ2n) is 20.9. The van der Waals surface area contributed by atoms with Crippen LogP contribution in [0.15, 0.2) is 133 Å². The van der Waals surface area contributed by atoms with Gasteiger partial charge in [-0.25, -0.2) is 0 Å². The number of allylic oxidation sites excluding steroid dienone is 1. The number of carbonyl (C=O) groups excluding carboxylic acids is 1. The van der Waals surface area contributed by atoms with Crippen LogP contribution in [0.25, 0.3) is 21.5 Å². The predicted octanol–water partition coefficient (Wildman–Crippen LogP) is 13.2. The van der Waals surface area contributed by atoms with Crippen LogP contribution in [0, 0.1) is 23.7 Å². The summed E-state index contributed by atoms with van der Waals surface area (Å²) in [7, 11) is 0. The van der Waals surface area contributed by atoms with Crippen LogP contribution in [0.4, 0.5) is 0 Å². The number of amides is 1. The number of hydrogen-bond donors (Lipinski definition) is 2. The van der Waals surface area contributed by atoms with Crippen molar-refractivity contribution >= 4 is 33.2 Å². The summed E-state index contributed by atoms with van der Waals surface area (Å²) in [6.07, 6.45) is 15.4. The first kappa shape index (κ1) is 48.5. The lowest BCUT2D eigenvalue weighted by Gasteiger charge is -2.60. The second kappa shape index (κ2) is 21.7. The predicted molar refractivity (Wildman–Crippen MR) is 276 cm³/mol. The first-order chi connectivity index (χ1) is 33.6. The molecule has 364 valence electrons. The van der Waals surface area contributed by atoms with Gasteiger partial charge in [0.15, 0.2) is 0 Å². The van der Waals surface area contributed by atoms with Crippen molar-refractivity contribution in [3.05, 3.63) is 139 Å². The molecule has 6 atom stereocenters. The molecule has 2 saturated carbocycles. The van der Waals surface area contributed by atoms with Crippen molar-refractivity contribution in [3.63, 3.8) is 0 Å². The van der Waals surface area contributed by atoms with E-state index in [1.165, 1.54) is 12.8 Å². The van der Waals surface area contributed by atoms with Gasteiger partial charge in [0, 0.05) is 44.1 Å². The number of nitrogens with zero attached hydrogens (tertiary/aromatic N) is 2. The summed E-state index contributed by atoms with van der Waals surface area (Å²) in [5, 5.41) is 29.8. The summed E-state index contributed by atoms with van der Waals surface area (Å²) in [6.45, 7) is 11.0. The quantitative estimate of drug-likeness (QED) is 0.0454. The summed E-state index contributed by atoms with van der Waals surface area (Å²) in [6, 6.07) is 34.8. The molecule has 0 aromatic heterocycles. The van der Waals surface area contributed by atoms with Gasteiger partial charge in [0.25, 0.3) is 0 Å².